The highest BCUT2D eigenvalue weighted by molar-refractivity contribution is 5.96. The molecule has 2 aromatic carbocycles. The van der Waals surface area contributed by atoms with Crippen molar-refractivity contribution in [2.75, 3.05) is 25.6 Å². The van der Waals surface area contributed by atoms with Gasteiger partial charge >= 0.3 is 12.2 Å². The standard InChI is InChI=1S/C37H38F3N9O2/c1-22-7-12-26(46(2)33-13-15-41-36(43-33)51-3)18-29(22)31-20-47(45-44-31)21-32-28(23-8-9-23)14-16-48(32)35(50)30-19-42-49(34(30)24-10-11-24)27-6-4-5-25(17-27)37(38,39)40/h4-7,12-13,15,17-20,23-24,28,32H,8-11,14,16,21H2,1-3H3. The van der Waals surface area contributed by atoms with Crippen molar-refractivity contribution < 1.29 is 22.7 Å². The molecule has 3 aliphatic rings. The largest absolute Gasteiger partial charge is 0.467 e. The molecule has 3 aromatic heterocycles. The highest BCUT2D eigenvalue weighted by Crippen LogP contribution is 2.47. The van der Waals surface area contributed by atoms with Crippen LogP contribution >= 0.6 is 0 Å². The zero-order chi connectivity index (χ0) is 35.4. The van der Waals surface area contributed by atoms with Crippen molar-refractivity contribution in [1.82, 2.24) is 39.6 Å². The number of carbonyl (C=O) groups is 1. The fourth-order valence-electron chi connectivity index (χ4n) is 7.43. The first-order chi connectivity index (χ1) is 24.6. The Labute approximate surface area is 293 Å². The van der Waals surface area contributed by atoms with Crippen molar-refractivity contribution in [1.29, 1.82) is 0 Å². The Balaban J connectivity index is 1.06. The summed E-state index contributed by atoms with van der Waals surface area (Å²) in [5.74, 6) is 1.52. The molecule has 0 spiro atoms. The van der Waals surface area contributed by atoms with Crippen molar-refractivity contribution in [2.45, 2.75) is 63.7 Å². The molecule has 2 atom stereocenters. The molecule has 11 nitrogen and oxygen atoms in total. The Morgan fingerprint density at radius 3 is 2.63 bits per heavy atom. The minimum atomic E-state index is -4.48. The van der Waals surface area contributed by atoms with Gasteiger partial charge in [0, 0.05) is 37.0 Å². The number of rotatable bonds is 10. The first-order valence-electron chi connectivity index (χ1n) is 17.3. The third kappa shape index (κ3) is 6.43. The van der Waals surface area contributed by atoms with E-state index in [9.17, 15) is 18.0 Å². The summed E-state index contributed by atoms with van der Waals surface area (Å²) in [6.07, 6.45) is 5.56. The van der Waals surface area contributed by atoms with Gasteiger partial charge in [-0.15, -0.1) is 5.10 Å². The number of carbonyl (C=O) groups excluding carboxylic acids is 1. The van der Waals surface area contributed by atoms with Gasteiger partial charge in [0.05, 0.1) is 54.6 Å². The van der Waals surface area contributed by atoms with Crippen molar-refractivity contribution in [3.8, 4) is 23.0 Å². The number of likely N-dealkylation sites (tertiary alicyclic amines) is 1. The first kappa shape index (κ1) is 32.9. The Kier molecular flexibility index (Phi) is 8.26. The van der Waals surface area contributed by atoms with Crippen molar-refractivity contribution in [3.05, 3.63) is 89.5 Å². The normalized spacial score (nSPS) is 19.1. The molecule has 4 heterocycles. The maximum absolute atomic E-state index is 14.4. The second kappa shape index (κ2) is 12.8. The maximum atomic E-state index is 14.4. The minimum Gasteiger partial charge on any atom is -0.467 e. The van der Waals surface area contributed by atoms with Crippen molar-refractivity contribution >= 4 is 17.4 Å². The topological polar surface area (TPSA) is 107 Å². The van der Waals surface area contributed by atoms with Crippen LogP contribution in [0.15, 0.2) is 67.1 Å². The van der Waals surface area contributed by atoms with E-state index in [1.54, 1.807) is 12.3 Å². The van der Waals surface area contributed by atoms with Gasteiger partial charge in [0.2, 0.25) is 0 Å². The molecule has 1 saturated heterocycles. The van der Waals surface area contributed by atoms with Crippen LogP contribution in [0.5, 0.6) is 6.01 Å². The third-order valence-electron chi connectivity index (χ3n) is 10.4. The van der Waals surface area contributed by atoms with E-state index in [0.29, 0.717) is 47.7 Å². The lowest BCUT2D eigenvalue weighted by Gasteiger charge is -2.28. The molecule has 0 bridgehead atoms. The molecular formula is C37H38F3N9O2. The molecule has 51 heavy (non-hydrogen) atoms. The van der Waals surface area contributed by atoms with Gasteiger partial charge < -0.3 is 14.5 Å². The van der Waals surface area contributed by atoms with Gasteiger partial charge in [-0.2, -0.15) is 23.3 Å². The highest BCUT2D eigenvalue weighted by Gasteiger charge is 2.46. The second-order valence-corrected chi connectivity index (χ2v) is 13.8. The van der Waals surface area contributed by atoms with E-state index < -0.39 is 11.7 Å². The SMILES string of the molecule is COc1nccc(N(C)c2ccc(C)c(-c3cn(CC4C(C5CC5)CCN4C(=O)c4cnn(-c5cccc(C(F)(F)F)c5)c4C4CC4)nn3)c2)n1. The molecule has 2 unspecified atom stereocenters. The van der Waals surface area contributed by atoms with E-state index in [-0.39, 0.29) is 23.9 Å². The lowest BCUT2D eigenvalue weighted by molar-refractivity contribution is -0.137. The van der Waals surface area contributed by atoms with Crippen LogP contribution in [0, 0.1) is 18.8 Å². The van der Waals surface area contributed by atoms with E-state index in [1.165, 1.54) is 24.1 Å². The Bertz CT molecular complexity index is 2090. The van der Waals surface area contributed by atoms with Crippen LogP contribution in [0.1, 0.15) is 65.2 Å². The first-order valence-corrected chi connectivity index (χ1v) is 17.3. The summed E-state index contributed by atoms with van der Waals surface area (Å²) in [5, 5.41) is 13.6. The summed E-state index contributed by atoms with van der Waals surface area (Å²) in [6.45, 7) is 3.12. The molecular weight excluding hydrogens is 659 g/mol. The predicted octanol–water partition coefficient (Wildman–Crippen LogP) is 6.84. The monoisotopic (exact) mass is 697 g/mol. The average molecular weight is 698 g/mol. The molecule has 0 radical (unpaired) electrons. The van der Waals surface area contributed by atoms with Gasteiger partial charge in [0.15, 0.2) is 0 Å². The third-order valence-corrected chi connectivity index (χ3v) is 10.4. The summed E-state index contributed by atoms with van der Waals surface area (Å²) in [5.41, 5.74) is 4.32. The van der Waals surface area contributed by atoms with Gasteiger partial charge in [-0.05, 0) is 92.8 Å². The molecule has 2 saturated carbocycles. The number of anilines is 2. The van der Waals surface area contributed by atoms with Gasteiger partial charge in [0.25, 0.3) is 5.91 Å². The molecule has 264 valence electrons. The van der Waals surface area contributed by atoms with Crippen LogP contribution in [0.25, 0.3) is 16.9 Å². The summed E-state index contributed by atoms with van der Waals surface area (Å²) in [7, 11) is 3.46. The Morgan fingerprint density at radius 2 is 1.88 bits per heavy atom. The Morgan fingerprint density at radius 1 is 1.06 bits per heavy atom. The van der Waals surface area contributed by atoms with E-state index in [0.717, 1.165) is 66.7 Å². The van der Waals surface area contributed by atoms with E-state index >= 15 is 0 Å². The minimum absolute atomic E-state index is 0.0774. The van der Waals surface area contributed by atoms with Crippen LogP contribution in [0.4, 0.5) is 24.7 Å². The number of halogens is 3. The zero-order valence-electron chi connectivity index (χ0n) is 28.6. The number of alkyl halides is 3. The van der Waals surface area contributed by atoms with Gasteiger partial charge in [-0.3, -0.25) is 4.79 Å². The molecule has 1 aliphatic heterocycles. The number of methoxy groups -OCH3 is 1. The van der Waals surface area contributed by atoms with Gasteiger partial charge in [-0.1, -0.05) is 17.3 Å². The second-order valence-electron chi connectivity index (χ2n) is 13.8. The van der Waals surface area contributed by atoms with Crippen molar-refractivity contribution in [2.24, 2.45) is 11.8 Å². The average Bonchev–Trinajstić information content (AvgIpc) is 4.03. The molecule has 1 amide bonds. The fourth-order valence-corrected chi connectivity index (χ4v) is 7.43. The zero-order valence-corrected chi connectivity index (χ0v) is 28.6. The van der Waals surface area contributed by atoms with Crippen LogP contribution in [0.2, 0.25) is 0 Å². The quantitative estimate of drug-likeness (QED) is 0.156. The molecule has 5 aromatic rings. The smallest absolute Gasteiger partial charge is 0.416 e. The number of amides is 1. The molecule has 3 fully saturated rings. The molecule has 2 aliphatic carbocycles. The maximum Gasteiger partial charge on any atom is 0.416 e. The van der Waals surface area contributed by atoms with Crippen LogP contribution < -0.4 is 9.64 Å². The Hall–Kier alpha value is -5.27. The fraction of sp³-hybridized carbons (Fsp3) is 0.405. The summed E-state index contributed by atoms with van der Waals surface area (Å²) >= 11 is 0. The molecule has 8 rings (SSSR count). The lowest BCUT2D eigenvalue weighted by atomic mass is 9.94. The number of hydrogen-bond donors (Lipinski definition) is 0. The summed E-state index contributed by atoms with van der Waals surface area (Å²) in [6, 6.07) is 13.2. The van der Waals surface area contributed by atoms with Crippen molar-refractivity contribution in [3.63, 3.8) is 0 Å². The number of aromatic nitrogens is 7. The number of nitrogens with zero attached hydrogens (tertiary/aromatic N) is 9. The van der Waals surface area contributed by atoms with Crippen LogP contribution in [-0.2, 0) is 12.7 Å². The lowest BCUT2D eigenvalue weighted by Crippen LogP contribution is -2.41. The number of hydrogen-bond acceptors (Lipinski definition) is 8. The highest BCUT2D eigenvalue weighted by atomic mass is 19.4. The summed E-state index contributed by atoms with van der Waals surface area (Å²) in [4.78, 5) is 26.9. The van der Waals surface area contributed by atoms with Gasteiger partial charge in [-0.25, -0.2) is 14.3 Å². The van der Waals surface area contributed by atoms with E-state index in [4.69, 9.17) is 4.74 Å². The number of benzene rings is 2. The predicted molar refractivity (Wildman–Crippen MR) is 183 cm³/mol. The van der Waals surface area contributed by atoms with E-state index in [1.807, 2.05) is 52.8 Å². The van der Waals surface area contributed by atoms with E-state index in [2.05, 4.69) is 31.4 Å². The molecule has 14 heteroatoms. The number of ether oxygens (including phenoxy) is 1. The summed E-state index contributed by atoms with van der Waals surface area (Å²) < 4.78 is 49.3. The number of aryl methyl sites for hydroxylation is 1. The van der Waals surface area contributed by atoms with Crippen LogP contribution in [-0.4, -0.2) is 72.3 Å². The van der Waals surface area contributed by atoms with Crippen LogP contribution in [0.3, 0.4) is 0 Å². The molecule has 0 N–H and O–H groups in total. The van der Waals surface area contributed by atoms with Gasteiger partial charge in [0.1, 0.15) is 11.5 Å².